The number of hydrogen-bond acceptors (Lipinski definition) is 3. The minimum absolute atomic E-state index is 0.0350. The van der Waals surface area contributed by atoms with Crippen LogP contribution in [0.25, 0.3) is 0 Å². The first kappa shape index (κ1) is 15.7. The summed E-state index contributed by atoms with van der Waals surface area (Å²) < 4.78 is 5.14. The molecule has 0 aliphatic rings. The molecule has 4 heteroatoms. The van der Waals surface area contributed by atoms with Crippen LogP contribution in [0.15, 0.2) is 24.3 Å². The number of ether oxygens (including phenoxy) is 1. The van der Waals surface area contributed by atoms with Crippen LogP contribution in [-0.2, 0) is 16.1 Å². The zero-order valence-corrected chi connectivity index (χ0v) is 12.0. The van der Waals surface area contributed by atoms with Crippen molar-refractivity contribution in [3.05, 3.63) is 29.8 Å². The third-order valence-electron chi connectivity index (χ3n) is 3.04. The lowest BCUT2D eigenvalue weighted by Gasteiger charge is -2.12. The van der Waals surface area contributed by atoms with Crippen LogP contribution < -0.4 is 10.6 Å². The molecule has 0 aliphatic heterocycles. The molecule has 0 heterocycles. The smallest absolute Gasteiger partial charge is 0.224 e. The van der Waals surface area contributed by atoms with Gasteiger partial charge < -0.3 is 15.4 Å². The third-order valence-corrected chi connectivity index (χ3v) is 3.04. The maximum absolute atomic E-state index is 11.9. The predicted molar refractivity (Wildman–Crippen MR) is 78.2 cm³/mol. The predicted octanol–water partition coefficient (Wildman–Crippen LogP) is 2.55. The molecule has 1 unspecified atom stereocenters. The van der Waals surface area contributed by atoms with E-state index in [0.29, 0.717) is 6.42 Å². The average Bonchev–Trinajstić information content (AvgIpc) is 2.43. The van der Waals surface area contributed by atoms with Gasteiger partial charge in [0.25, 0.3) is 0 Å². The summed E-state index contributed by atoms with van der Waals surface area (Å²) in [5.74, 6) is 0.0350. The highest BCUT2D eigenvalue weighted by Crippen LogP contribution is 2.15. The van der Waals surface area contributed by atoms with Gasteiger partial charge in [0.15, 0.2) is 0 Å². The summed E-state index contributed by atoms with van der Waals surface area (Å²) in [6.07, 6.45) is 1.32. The van der Waals surface area contributed by atoms with Crippen LogP contribution in [0.1, 0.15) is 32.3 Å². The normalized spacial score (nSPS) is 12.2. The Kier molecular flexibility index (Phi) is 7.15. The number of anilines is 1. The Balaban J connectivity index is 2.53. The molecule has 1 atom stereocenters. The van der Waals surface area contributed by atoms with Crippen LogP contribution in [0.5, 0.6) is 0 Å². The van der Waals surface area contributed by atoms with Crippen molar-refractivity contribution in [2.45, 2.75) is 39.3 Å². The second-order valence-electron chi connectivity index (χ2n) is 4.57. The van der Waals surface area contributed by atoms with E-state index in [1.807, 2.05) is 31.2 Å². The van der Waals surface area contributed by atoms with E-state index in [1.165, 1.54) is 0 Å². The van der Waals surface area contributed by atoms with E-state index in [-0.39, 0.29) is 12.0 Å². The largest absolute Gasteiger partial charge is 0.382 e. The van der Waals surface area contributed by atoms with Crippen LogP contribution in [0.2, 0.25) is 0 Å². The molecule has 0 aromatic heterocycles. The average molecular weight is 264 g/mol. The number of para-hydroxylation sites is 1. The molecular formula is C15H24N2O2. The highest BCUT2D eigenvalue weighted by molar-refractivity contribution is 5.91. The van der Waals surface area contributed by atoms with Crippen molar-refractivity contribution < 1.29 is 9.53 Å². The molecule has 1 aromatic rings. The second kappa shape index (κ2) is 8.67. The fraction of sp³-hybridized carbons (Fsp3) is 0.533. The molecule has 0 saturated carbocycles. The molecule has 0 saturated heterocycles. The van der Waals surface area contributed by atoms with Gasteiger partial charge in [-0.1, -0.05) is 25.1 Å². The first-order valence-electron chi connectivity index (χ1n) is 6.78. The van der Waals surface area contributed by atoms with Gasteiger partial charge in [-0.2, -0.15) is 0 Å². The Labute approximate surface area is 115 Å². The number of carbonyl (C=O) groups is 1. The Morgan fingerprint density at radius 2 is 2.11 bits per heavy atom. The van der Waals surface area contributed by atoms with Crippen molar-refractivity contribution >= 4 is 11.6 Å². The highest BCUT2D eigenvalue weighted by atomic mass is 16.5. The fourth-order valence-corrected chi connectivity index (χ4v) is 1.72. The first-order valence-corrected chi connectivity index (χ1v) is 6.78. The monoisotopic (exact) mass is 264 g/mol. The molecule has 0 radical (unpaired) electrons. The lowest BCUT2D eigenvalue weighted by atomic mass is 10.1. The molecule has 0 bridgehead atoms. The Morgan fingerprint density at radius 1 is 1.37 bits per heavy atom. The van der Waals surface area contributed by atoms with Crippen molar-refractivity contribution in [2.24, 2.45) is 0 Å². The van der Waals surface area contributed by atoms with Crippen LogP contribution in [-0.4, -0.2) is 25.7 Å². The molecule has 4 nitrogen and oxygen atoms in total. The standard InChI is InChI=1S/C15H24N2O2/c1-4-16-11-13-7-5-6-8-14(13)17-15(18)10-9-12(2)19-3/h5-8,12,16H,4,9-11H2,1-3H3,(H,17,18). The second-order valence-corrected chi connectivity index (χ2v) is 4.57. The maximum atomic E-state index is 11.9. The molecule has 0 aliphatic carbocycles. The topological polar surface area (TPSA) is 50.4 Å². The molecule has 1 rings (SSSR count). The van der Waals surface area contributed by atoms with Crippen molar-refractivity contribution in [3.8, 4) is 0 Å². The SMILES string of the molecule is CCNCc1ccccc1NC(=O)CCC(C)OC. The number of benzene rings is 1. The molecule has 1 amide bonds. The minimum atomic E-state index is 0.0350. The van der Waals surface area contributed by atoms with Crippen molar-refractivity contribution in [2.75, 3.05) is 19.0 Å². The zero-order valence-electron chi connectivity index (χ0n) is 12.0. The van der Waals surface area contributed by atoms with E-state index < -0.39 is 0 Å². The molecule has 0 fully saturated rings. The number of amides is 1. The third kappa shape index (κ3) is 5.85. The number of hydrogen-bond donors (Lipinski definition) is 2. The van der Waals surface area contributed by atoms with E-state index in [1.54, 1.807) is 7.11 Å². The Morgan fingerprint density at radius 3 is 2.79 bits per heavy atom. The summed E-state index contributed by atoms with van der Waals surface area (Å²) in [7, 11) is 1.66. The summed E-state index contributed by atoms with van der Waals surface area (Å²) in [4.78, 5) is 11.9. The minimum Gasteiger partial charge on any atom is -0.382 e. The summed E-state index contributed by atoms with van der Waals surface area (Å²) in [5.41, 5.74) is 2.00. The van der Waals surface area contributed by atoms with Gasteiger partial charge in [-0.05, 0) is 31.5 Å². The number of rotatable bonds is 8. The van der Waals surface area contributed by atoms with Gasteiger partial charge >= 0.3 is 0 Å². The van der Waals surface area contributed by atoms with E-state index in [2.05, 4.69) is 17.6 Å². The van der Waals surface area contributed by atoms with Gasteiger partial charge in [0, 0.05) is 25.8 Å². The van der Waals surface area contributed by atoms with Crippen molar-refractivity contribution in [1.82, 2.24) is 5.32 Å². The van der Waals surface area contributed by atoms with Gasteiger partial charge in [-0.3, -0.25) is 4.79 Å². The van der Waals surface area contributed by atoms with Gasteiger partial charge in [0.2, 0.25) is 5.91 Å². The molecule has 1 aromatic carbocycles. The van der Waals surface area contributed by atoms with E-state index in [9.17, 15) is 4.79 Å². The van der Waals surface area contributed by atoms with Crippen LogP contribution in [0.4, 0.5) is 5.69 Å². The van der Waals surface area contributed by atoms with Gasteiger partial charge in [0.05, 0.1) is 6.10 Å². The van der Waals surface area contributed by atoms with Crippen LogP contribution in [0.3, 0.4) is 0 Å². The van der Waals surface area contributed by atoms with E-state index in [0.717, 1.165) is 30.8 Å². The fourth-order valence-electron chi connectivity index (χ4n) is 1.72. The Hall–Kier alpha value is -1.39. The van der Waals surface area contributed by atoms with Crippen molar-refractivity contribution in [1.29, 1.82) is 0 Å². The van der Waals surface area contributed by atoms with Gasteiger partial charge in [0.1, 0.15) is 0 Å². The molecule has 106 valence electrons. The summed E-state index contributed by atoms with van der Waals surface area (Å²) in [5, 5.41) is 6.23. The first-order chi connectivity index (χ1) is 9.17. The van der Waals surface area contributed by atoms with Gasteiger partial charge in [-0.25, -0.2) is 0 Å². The van der Waals surface area contributed by atoms with E-state index in [4.69, 9.17) is 4.74 Å². The Bertz CT molecular complexity index is 393. The van der Waals surface area contributed by atoms with E-state index >= 15 is 0 Å². The molecular weight excluding hydrogens is 240 g/mol. The summed E-state index contributed by atoms with van der Waals surface area (Å²) in [6, 6.07) is 7.87. The summed E-state index contributed by atoms with van der Waals surface area (Å²) >= 11 is 0. The van der Waals surface area contributed by atoms with Gasteiger partial charge in [-0.15, -0.1) is 0 Å². The number of methoxy groups -OCH3 is 1. The zero-order chi connectivity index (χ0) is 14.1. The quantitative estimate of drug-likeness (QED) is 0.758. The van der Waals surface area contributed by atoms with Crippen LogP contribution >= 0.6 is 0 Å². The maximum Gasteiger partial charge on any atom is 0.224 e. The van der Waals surface area contributed by atoms with Crippen LogP contribution in [0, 0.1) is 0 Å². The molecule has 0 spiro atoms. The lowest BCUT2D eigenvalue weighted by Crippen LogP contribution is -2.18. The van der Waals surface area contributed by atoms with Crippen molar-refractivity contribution in [3.63, 3.8) is 0 Å². The number of carbonyl (C=O) groups excluding carboxylic acids is 1. The molecule has 2 N–H and O–H groups in total. The number of nitrogens with one attached hydrogen (secondary N) is 2. The summed E-state index contributed by atoms with van der Waals surface area (Å²) in [6.45, 7) is 5.70. The highest BCUT2D eigenvalue weighted by Gasteiger charge is 2.08. The lowest BCUT2D eigenvalue weighted by molar-refractivity contribution is -0.116. The molecule has 19 heavy (non-hydrogen) atoms.